The zero-order chi connectivity index (χ0) is 24.2. The molecule has 0 aliphatic carbocycles. The van der Waals surface area contributed by atoms with Gasteiger partial charge in [-0.2, -0.15) is 4.31 Å². The number of hydrogen-bond acceptors (Lipinski definition) is 4. The van der Waals surface area contributed by atoms with Crippen LogP contribution in [-0.4, -0.2) is 39.3 Å². The fourth-order valence-corrected chi connectivity index (χ4v) is 5.13. The molecular weight excluding hydrogens is 551 g/mol. The van der Waals surface area contributed by atoms with E-state index in [0.717, 1.165) is 8.78 Å². The molecule has 6 nitrogen and oxygen atoms in total. The average molecular weight is 572 g/mol. The number of sulfonamides is 1. The lowest BCUT2D eigenvalue weighted by molar-refractivity contribution is -0.118. The van der Waals surface area contributed by atoms with E-state index in [1.54, 1.807) is 62.7 Å². The van der Waals surface area contributed by atoms with Crippen LogP contribution in [0.25, 0.3) is 0 Å². The second-order valence-corrected chi connectivity index (χ2v) is 10.8. The van der Waals surface area contributed by atoms with E-state index in [1.165, 1.54) is 23.1 Å². The van der Waals surface area contributed by atoms with Crippen molar-refractivity contribution in [3.63, 3.8) is 0 Å². The first-order valence-electron chi connectivity index (χ1n) is 9.72. The van der Waals surface area contributed by atoms with Crippen molar-refractivity contribution in [1.29, 1.82) is 0 Å². The Morgan fingerprint density at radius 1 is 1.00 bits per heavy atom. The first-order chi connectivity index (χ1) is 15.6. The average Bonchev–Trinajstić information content (AvgIpc) is 2.80. The Bertz CT molecular complexity index is 1240. The summed E-state index contributed by atoms with van der Waals surface area (Å²) in [4.78, 5) is 14.6. The van der Waals surface area contributed by atoms with Gasteiger partial charge in [-0.15, -0.1) is 0 Å². The van der Waals surface area contributed by atoms with Gasteiger partial charge in [0.2, 0.25) is 15.9 Å². The molecule has 0 atom stereocenters. The normalized spacial score (nSPS) is 11.5. The monoisotopic (exact) mass is 570 g/mol. The van der Waals surface area contributed by atoms with Gasteiger partial charge in [0, 0.05) is 33.8 Å². The summed E-state index contributed by atoms with van der Waals surface area (Å²) in [6.45, 7) is -0.490. The minimum absolute atomic E-state index is 0.0655. The second-order valence-electron chi connectivity index (χ2n) is 7.11. The molecule has 3 rings (SSSR count). The van der Waals surface area contributed by atoms with Crippen LogP contribution in [0.5, 0.6) is 5.75 Å². The van der Waals surface area contributed by atoms with Crippen molar-refractivity contribution in [3.8, 4) is 5.75 Å². The topological polar surface area (TPSA) is 66.9 Å². The van der Waals surface area contributed by atoms with Gasteiger partial charge in [0.15, 0.2) is 0 Å². The summed E-state index contributed by atoms with van der Waals surface area (Å²) in [5.41, 5.74) is 1.13. The third kappa shape index (κ3) is 6.28. The zero-order valence-corrected chi connectivity index (χ0v) is 21.7. The Morgan fingerprint density at radius 2 is 1.64 bits per heavy atom. The molecular formula is C23H21BrCl2N2O4S. The molecule has 33 heavy (non-hydrogen) atoms. The van der Waals surface area contributed by atoms with E-state index in [-0.39, 0.29) is 18.0 Å². The van der Waals surface area contributed by atoms with Gasteiger partial charge in [-0.3, -0.25) is 4.79 Å². The largest absolute Gasteiger partial charge is 0.497 e. The van der Waals surface area contributed by atoms with Crippen LogP contribution in [0.3, 0.4) is 0 Å². The van der Waals surface area contributed by atoms with E-state index < -0.39 is 15.9 Å². The Hall–Kier alpha value is -2.10. The molecule has 3 aromatic rings. The lowest BCUT2D eigenvalue weighted by atomic mass is 10.2. The number of ether oxygens (including phenoxy) is 1. The van der Waals surface area contributed by atoms with E-state index >= 15 is 0 Å². The van der Waals surface area contributed by atoms with Gasteiger partial charge in [-0.05, 0) is 66.2 Å². The molecule has 0 bridgehead atoms. The predicted octanol–water partition coefficient (Wildman–Crippen LogP) is 5.62. The SMILES string of the molecule is COc1ccc(N(C)C(=O)CN(Cc2ccc(Cl)cc2Cl)S(=O)(=O)c2ccc(Br)cc2)cc1. The first kappa shape index (κ1) is 25.5. The number of likely N-dealkylation sites (N-methyl/N-ethyl adjacent to an activating group) is 1. The van der Waals surface area contributed by atoms with Crippen molar-refractivity contribution in [3.05, 3.63) is 86.8 Å². The van der Waals surface area contributed by atoms with Gasteiger partial charge in [0.25, 0.3) is 0 Å². The number of anilines is 1. The van der Waals surface area contributed by atoms with Crippen LogP contribution in [0, 0.1) is 0 Å². The highest BCUT2D eigenvalue weighted by Crippen LogP contribution is 2.26. The lowest BCUT2D eigenvalue weighted by Gasteiger charge is -2.25. The van der Waals surface area contributed by atoms with Crippen molar-refractivity contribution in [2.45, 2.75) is 11.4 Å². The third-order valence-electron chi connectivity index (χ3n) is 4.96. The standard InChI is InChI=1S/C23H21BrCl2N2O4S/c1-27(19-7-9-20(32-2)10-8-19)23(29)15-28(14-16-3-6-18(25)13-22(16)26)33(30,31)21-11-4-17(24)5-12-21/h3-13H,14-15H2,1-2H3. The second kappa shape index (κ2) is 10.9. The molecule has 0 N–H and O–H groups in total. The van der Waals surface area contributed by atoms with Crippen molar-refractivity contribution < 1.29 is 17.9 Å². The summed E-state index contributed by atoms with van der Waals surface area (Å²) in [5.74, 6) is 0.238. The predicted molar refractivity (Wildman–Crippen MR) is 135 cm³/mol. The quantitative estimate of drug-likeness (QED) is 0.352. The number of amides is 1. The molecule has 3 aromatic carbocycles. The van der Waals surface area contributed by atoms with E-state index in [0.29, 0.717) is 27.0 Å². The highest BCUT2D eigenvalue weighted by Gasteiger charge is 2.29. The molecule has 0 aromatic heterocycles. The smallest absolute Gasteiger partial charge is 0.243 e. The number of hydrogen-bond donors (Lipinski definition) is 0. The number of rotatable bonds is 8. The van der Waals surface area contributed by atoms with Gasteiger partial charge in [-0.25, -0.2) is 8.42 Å². The lowest BCUT2D eigenvalue weighted by Crippen LogP contribution is -2.41. The van der Waals surface area contributed by atoms with Crippen LogP contribution in [0.2, 0.25) is 10.0 Å². The van der Waals surface area contributed by atoms with Crippen LogP contribution in [0.1, 0.15) is 5.56 Å². The summed E-state index contributed by atoms with van der Waals surface area (Å²) in [5, 5.41) is 0.746. The molecule has 0 spiro atoms. The van der Waals surface area contributed by atoms with Gasteiger partial charge in [0.05, 0.1) is 18.6 Å². The molecule has 0 saturated heterocycles. The van der Waals surface area contributed by atoms with Gasteiger partial charge in [-0.1, -0.05) is 45.2 Å². The number of carbonyl (C=O) groups is 1. The number of halogens is 3. The molecule has 0 radical (unpaired) electrons. The van der Waals surface area contributed by atoms with Crippen molar-refractivity contribution >= 4 is 60.7 Å². The van der Waals surface area contributed by atoms with Gasteiger partial charge < -0.3 is 9.64 Å². The summed E-state index contributed by atoms with van der Waals surface area (Å²) < 4.78 is 33.9. The van der Waals surface area contributed by atoms with E-state index in [1.807, 2.05) is 0 Å². The van der Waals surface area contributed by atoms with Crippen molar-refractivity contribution in [2.24, 2.45) is 0 Å². The molecule has 0 heterocycles. The molecule has 0 saturated carbocycles. The highest BCUT2D eigenvalue weighted by molar-refractivity contribution is 9.10. The molecule has 1 amide bonds. The Kier molecular flexibility index (Phi) is 8.42. The van der Waals surface area contributed by atoms with E-state index in [4.69, 9.17) is 27.9 Å². The fourth-order valence-electron chi connectivity index (χ4n) is 3.03. The first-order valence-corrected chi connectivity index (χ1v) is 12.7. The maximum Gasteiger partial charge on any atom is 0.243 e. The molecule has 0 unspecified atom stereocenters. The van der Waals surface area contributed by atoms with Crippen LogP contribution in [-0.2, 0) is 21.4 Å². The van der Waals surface area contributed by atoms with Crippen LogP contribution in [0.15, 0.2) is 76.1 Å². The summed E-state index contributed by atoms with van der Waals surface area (Å²) in [7, 11) is -0.872. The third-order valence-corrected chi connectivity index (χ3v) is 7.88. The van der Waals surface area contributed by atoms with Gasteiger partial charge >= 0.3 is 0 Å². The van der Waals surface area contributed by atoms with E-state index in [9.17, 15) is 13.2 Å². The summed E-state index contributed by atoms with van der Waals surface area (Å²) in [6, 6.07) is 17.9. The number of carbonyl (C=O) groups excluding carboxylic acids is 1. The van der Waals surface area contributed by atoms with Crippen LogP contribution >= 0.6 is 39.1 Å². The number of methoxy groups -OCH3 is 1. The minimum Gasteiger partial charge on any atom is -0.497 e. The maximum atomic E-state index is 13.5. The zero-order valence-electron chi connectivity index (χ0n) is 17.8. The molecule has 0 aliphatic rings. The fraction of sp³-hybridized carbons (Fsp3) is 0.174. The Labute approximate surface area is 211 Å². The van der Waals surface area contributed by atoms with Crippen molar-refractivity contribution in [1.82, 2.24) is 4.31 Å². The number of benzene rings is 3. The number of nitrogens with zero attached hydrogens (tertiary/aromatic N) is 2. The molecule has 10 heteroatoms. The van der Waals surface area contributed by atoms with E-state index in [2.05, 4.69) is 15.9 Å². The summed E-state index contributed by atoms with van der Waals surface area (Å²) in [6.07, 6.45) is 0. The molecule has 0 fully saturated rings. The van der Waals surface area contributed by atoms with Crippen LogP contribution in [0.4, 0.5) is 5.69 Å². The molecule has 0 aliphatic heterocycles. The minimum atomic E-state index is -4.01. The van der Waals surface area contributed by atoms with Gasteiger partial charge in [0.1, 0.15) is 5.75 Å². The Morgan fingerprint density at radius 3 is 2.21 bits per heavy atom. The summed E-state index contributed by atoms with van der Waals surface area (Å²) >= 11 is 15.6. The van der Waals surface area contributed by atoms with Crippen molar-refractivity contribution in [2.75, 3.05) is 25.6 Å². The molecule has 174 valence electrons. The maximum absolute atomic E-state index is 13.5. The van der Waals surface area contributed by atoms with Crippen LogP contribution < -0.4 is 9.64 Å². The Balaban J connectivity index is 1.93. The highest BCUT2D eigenvalue weighted by atomic mass is 79.9.